The lowest BCUT2D eigenvalue weighted by Crippen LogP contribution is -2.18. The fourth-order valence-corrected chi connectivity index (χ4v) is 2.62. The molecule has 0 bridgehead atoms. The Balaban J connectivity index is 3.27. The maximum Gasteiger partial charge on any atom is 0.343 e. The molecule has 19 heavy (non-hydrogen) atoms. The van der Waals surface area contributed by atoms with E-state index in [-0.39, 0.29) is 23.2 Å². The molecular formula is C12H19N3O3S. The van der Waals surface area contributed by atoms with E-state index >= 15 is 0 Å². The summed E-state index contributed by atoms with van der Waals surface area (Å²) in [7, 11) is 2.80. The highest BCUT2D eigenvalue weighted by Crippen LogP contribution is 2.36. The molecule has 1 amide bonds. The summed E-state index contributed by atoms with van der Waals surface area (Å²) in [5.74, 6) is -0.862. The number of ether oxygens (including phenoxy) is 1. The van der Waals surface area contributed by atoms with Crippen molar-refractivity contribution in [2.24, 2.45) is 0 Å². The Hall–Kier alpha value is -1.76. The van der Waals surface area contributed by atoms with Gasteiger partial charge in [-0.25, -0.2) is 4.79 Å². The van der Waals surface area contributed by atoms with Crippen LogP contribution in [-0.4, -0.2) is 32.1 Å². The van der Waals surface area contributed by atoms with Crippen molar-refractivity contribution in [1.82, 2.24) is 5.32 Å². The molecule has 1 aromatic heterocycles. The quantitative estimate of drug-likeness (QED) is 0.716. The standard InChI is InChI=1S/C12H19N3O3S/c1-5-6(2)15-11-7(12(17)18-4)8(13)9(19-11)10(16)14-3/h6,15H,5,13H2,1-4H3,(H,14,16). The van der Waals surface area contributed by atoms with Crippen molar-refractivity contribution in [1.29, 1.82) is 0 Å². The number of nitrogen functional groups attached to an aromatic ring is 1. The number of carbonyl (C=O) groups excluding carboxylic acids is 2. The van der Waals surface area contributed by atoms with Crippen molar-refractivity contribution in [3.8, 4) is 0 Å². The smallest absolute Gasteiger partial charge is 0.343 e. The third kappa shape index (κ3) is 3.17. The normalized spacial score (nSPS) is 11.8. The summed E-state index contributed by atoms with van der Waals surface area (Å²) < 4.78 is 4.72. The van der Waals surface area contributed by atoms with Gasteiger partial charge in [-0.05, 0) is 13.3 Å². The third-order valence-corrected chi connectivity index (χ3v) is 3.89. The summed E-state index contributed by atoms with van der Waals surface area (Å²) in [6.07, 6.45) is 0.883. The number of nitrogens with two attached hydrogens (primary N) is 1. The Morgan fingerprint density at radius 2 is 2.11 bits per heavy atom. The summed E-state index contributed by atoms with van der Waals surface area (Å²) in [4.78, 5) is 23.8. The average molecular weight is 285 g/mol. The van der Waals surface area contributed by atoms with E-state index in [1.807, 2.05) is 13.8 Å². The van der Waals surface area contributed by atoms with E-state index in [0.29, 0.717) is 9.88 Å². The average Bonchev–Trinajstić information content (AvgIpc) is 2.73. The molecule has 0 saturated carbocycles. The maximum atomic E-state index is 11.8. The lowest BCUT2D eigenvalue weighted by molar-refractivity contribution is 0.0603. The van der Waals surface area contributed by atoms with Crippen LogP contribution in [0.4, 0.5) is 10.7 Å². The van der Waals surface area contributed by atoms with Gasteiger partial charge >= 0.3 is 5.97 Å². The predicted molar refractivity (Wildman–Crippen MR) is 76.8 cm³/mol. The number of thiophene rings is 1. The Morgan fingerprint density at radius 3 is 2.58 bits per heavy atom. The largest absolute Gasteiger partial charge is 0.465 e. The Labute approximate surface area is 116 Å². The number of hydrogen-bond acceptors (Lipinski definition) is 6. The highest BCUT2D eigenvalue weighted by molar-refractivity contribution is 7.19. The maximum absolute atomic E-state index is 11.8. The van der Waals surface area contributed by atoms with Crippen molar-refractivity contribution in [3.63, 3.8) is 0 Å². The zero-order valence-electron chi connectivity index (χ0n) is 11.5. The first-order valence-electron chi connectivity index (χ1n) is 5.95. The van der Waals surface area contributed by atoms with Gasteiger partial charge in [0.2, 0.25) is 0 Å². The zero-order chi connectivity index (χ0) is 14.6. The van der Waals surface area contributed by atoms with Crippen LogP contribution < -0.4 is 16.4 Å². The first-order chi connectivity index (χ1) is 8.96. The summed E-state index contributed by atoms with van der Waals surface area (Å²) in [5.41, 5.74) is 6.27. The molecule has 4 N–H and O–H groups in total. The molecule has 0 radical (unpaired) electrons. The van der Waals surface area contributed by atoms with E-state index in [1.165, 1.54) is 14.2 Å². The summed E-state index contributed by atoms with van der Waals surface area (Å²) >= 11 is 1.16. The molecule has 0 aliphatic rings. The number of anilines is 2. The molecule has 0 fully saturated rings. The molecule has 1 aromatic rings. The van der Waals surface area contributed by atoms with Crippen molar-refractivity contribution in [3.05, 3.63) is 10.4 Å². The lowest BCUT2D eigenvalue weighted by Gasteiger charge is -2.12. The van der Waals surface area contributed by atoms with Crippen LogP contribution in [0.15, 0.2) is 0 Å². The van der Waals surface area contributed by atoms with E-state index < -0.39 is 5.97 Å². The van der Waals surface area contributed by atoms with Crippen LogP contribution in [0.2, 0.25) is 0 Å². The molecule has 106 valence electrons. The predicted octanol–water partition coefficient (Wildman–Crippen LogP) is 1.69. The van der Waals surface area contributed by atoms with E-state index in [0.717, 1.165) is 17.8 Å². The van der Waals surface area contributed by atoms with Crippen LogP contribution in [0.5, 0.6) is 0 Å². The number of methoxy groups -OCH3 is 1. The van der Waals surface area contributed by atoms with Crippen molar-refractivity contribution in [2.75, 3.05) is 25.2 Å². The minimum Gasteiger partial charge on any atom is -0.465 e. The van der Waals surface area contributed by atoms with Crippen LogP contribution in [0.1, 0.15) is 40.3 Å². The summed E-state index contributed by atoms with van der Waals surface area (Å²) in [6, 6.07) is 0.166. The van der Waals surface area contributed by atoms with Gasteiger partial charge in [-0.3, -0.25) is 4.79 Å². The first kappa shape index (κ1) is 15.3. The van der Waals surface area contributed by atoms with Gasteiger partial charge in [0.15, 0.2) is 0 Å². The van der Waals surface area contributed by atoms with E-state index in [9.17, 15) is 9.59 Å². The molecule has 1 atom stereocenters. The first-order valence-corrected chi connectivity index (χ1v) is 6.77. The second-order valence-electron chi connectivity index (χ2n) is 4.07. The second-order valence-corrected chi connectivity index (χ2v) is 5.09. The number of amides is 1. The number of rotatable bonds is 5. The number of carbonyl (C=O) groups is 2. The van der Waals surface area contributed by atoms with Crippen LogP contribution in [-0.2, 0) is 4.74 Å². The van der Waals surface area contributed by atoms with E-state index in [1.54, 1.807) is 0 Å². The number of nitrogens with one attached hydrogen (secondary N) is 2. The minimum atomic E-state index is -0.547. The lowest BCUT2D eigenvalue weighted by atomic mass is 10.2. The van der Waals surface area contributed by atoms with Crippen molar-refractivity contribution < 1.29 is 14.3 Å². The topological polar surface area (TPSA) is 93.5 Å². The highest BCUT2D eigenvalue weighted by Gasteiger charge is 2.26. The Morgan fingerprint density at radius 1 is 1.47 bits per heavy atom. The zero-order valence-corrected chi connectivity index (χ0v) is 12.3. The van der Waals surface area contributed by atoms with Gasteiger partial charge in [0.25, 0.3) is 5.91 Å². The fraction of sp³-hybridized carbons (Fsp3) is 0.500. The van der Waals surface area contributed by atoms with Crippen molar-refractivity contribution in [2.45, 2.75) is 26.3 Å². The molecule has 0 spiro atoms. The monoisotopic (exact) mass is 285 g/mol. The van der Waals surface area contributed by atoms with Crippen LogP contribution >= 0.6 is 11.3 Å². The molecule has 0 aliphatic carbocycles. The molecule has 1 unspecified atom stereocenters. The summed E-state index contributed by atoms with van der Waals surface area (Å²) in [5, 5.41) is 6.24. The molecule has 0 saturated heterocycles. The molecule has 0 aliphatic heterocycles. The molecule has 0 aromatic carbocycles. The molecule has 6 nitrogen and oxygen atoms in total. The molecule has 7 heteroatoms. The minimum absolute atomic E-state index is 0.155. The van der Waals surface area contributed by atoms with Gasteiger partial charge in [0.1, 0.15) is 15.4 Å². The van der Waals surface area contributed by atoms with Gasteiger partial charge in [-0.2, -0.15) is 0 Å². The number of esters is 1. The van der Waals surface area contributed by atoms with E-state index in [4.69, 9.17) is 10.5 Å². The Kier molecular flexibility index (Phi) is 5.17. The van der Waals surface area contributed by atoms with Gasteiger partial charge < -0.3 is 21.1 Å². The van der Waals surface area contributed by atoms with E-state index in [2.05, 4.69) is 10.6 Å². The van der Waals surface area contributed by atoms with Gasteiger partial charge in [0.05, 0.1) is 12.8 Å². The Bertz CT molecular complexity index is 485. The molecular weight excluding hydrogens is 266 g/mol. The third-order valence-electron chi connectivity index (χ3n) is 2.76. The van der Waals surface area contributed by atoms with Crippen molar-refractivity contribution >= 4 is 33.9 Å². The van der Waals surface area contributed by atoms with Gasteiger partial charge in [-0.15, -0.1) is 11.3 Å². The van der Waals surface area contributed by atoms with Gasteiger partial charge in [-0.1, -0.05) is 6.92 Å². The SMILES string of the molecule is CCC(C)Nc1sc(C(=O)NC)c(N)c1C(=O)OC. The van der Waals surface area contributed by atoms with Gasteiger partial charge in [0, 0.05) is 13.1 Å². The molecule has 1 rings (SSSR count). The summed E-state index contributed by atoms with van der Waals surface area (Å²) in [6.45, 7) is 4.00. The van der Waals surface area contributed by atoms with Crippen LogP contribution in [0, 0.1) is 0 Å². The molecule has 1 heterocycles. The highest BCUT2D eigenvalue weighted by atomic mass is 32.1. The second kappa shape index (κ2) is 6.42. The fourth-order valence-electron chi connectivity index (χ4n) is 1.46. The van der Waals surface area contributed by atoms with Crippen LogP contribution in [0.3, 0.4) is 0 Å². The number of hydrogen-bond donors (Lipinski definition) is 3. The van der Waals surface area contributed by atoms with Crippen LogP contribution in [0.25, 0.3) is 0 Å².